The molecule has 0 atom stereocenters. The fourth-order valence-electron chi connectivity index (χ4n) is 1.26. The maximum atomic E-state index is 10.4. The number of benzene rings is 2. The van der Waals surface area contributed by atoms with Crippen molar-refractivity contribution < 1.29 is 9.66 Å². The standard InChI is InChI=1S/C12H9NO3.CHNS/c14-13(15)10-6-8-12(9-7-10)16-11-4-2-1-3-5-11;2-1-3/h1-9H;3H/p-1. The lowest BCUT2D eigenvalue weighted by atomic mass is 10.3. The van der Waals surface area contributed by atoms with Crippen molar-refractivity contribution in [1.82, 2.24) is 0 Å². The molecule has 0 heterocycles. The average Bonchev–Trinajstić information content (AvgIpc) is 2.41. The van der Waals surface area contributed by atoms with Crippen LogP contribution in [0, 0.1) is 20.8 Å². The Kier molecular flexibility index (Phi) is 5.79. The summed E-state index contributed by atoms with van der Waals surface area (Å²) in [5.41, 5.74) is 0.0559. The van der Waals surface area contributed by atoms with E-state index in [1.165, 1.54) is 17.5 Å². The highest BCUT2D eigenvalue weighted by Gasteiger charge is 2.04. The number of para-hydroxylation sites is 1. The lowest BCUT2D eigenvalue weighted by Crippen LogP contribution is -1.88. The van der Waals surface area contributed by atoms with Gasteiger partial charge in [0.1, 0.15) is 11.5 Å². The quantitative estimate of drug-likeness (QED) is 0.371. The Morgan fingerprint density at radius 3 is 2.00 bits per heavy atom. The smallest absolute Gasteiger partial charge is 0.269 e. The van der Waals surface area contributed by atoms with E-state index in [1.807, 2.05) is 30.3 Å². The van der Waals surface area contributed by atoms with Gasteiger partial charge in [0, 0.05) is 12.1 Å². The summed E-state index contributed by atoms with van der Waals surface area (Å²) >= 11 is 3.70. The number of ether oxygens (including phenoxy) is 1. The van der Waals surface area contributed by atoms with Crippen molar-refractivity contribution in [1.29, 1.82) is 5.26 Å². The summed E-state index contributed by atoms with van der Waals surface area (Å²) in [4.78, 5) is 10.00. The zero-order valence-corrected chi connectivity index (χ0v) is 10.5. The topological polar surface area (TPSA) is 76.2 Å². The first-order valence-electron chi connectivity index (χ1n) is 5.16. The summed E-state index contributed by atoms with van der Waals surface area (Å²) in [6.45, 7) is 0. The minimum absolute atomic E-state index is 0.0559. The second-order valence-corrected chi connectivity index (χ2v) is 3.44. The minimum Gasteiger partial charge on any atom is -0.696 e. The van der Waals surface area contributed by atoms with E-state index in [9.17, 15) is 10.1 Å². The molecule has 0 aromatic heterocycles. The monoisotopic (exact) mass is 273 g/mol. The summed E-state index contributed by atoms with van der Waals surface area (Å²) in [5, 5.41) is 18.9. The molecule has 0 amide bonds. The van der Waals surface area contributed by atoms with Crippen LogP contribution in [0.25, 0.3) is 0 Å². The van der Waals surface area contributed by atoms with Gasteiger partial charge in [-0.15, -0.1) is 0 Å². The summed E-state index contributed by atoms with van der Waals surface area (Å²) in [5.74, 6) is 1.29. The lowest BCUT2D eigenvalue weighted by Gasteiger charge is -2.04. The minimum atomic E-state index is -0.438. The molecule has 6 heteroatoms. The van der Waals surface area contributed by atoms with Crippen LogP contribution in [-0.2, 0) is 12.6 Å². The third-order valence-corrected chi connectivity index (χ3v) is 2.03. The molecule has 0 fully saturated rings. The van der Waals surface area contributed by atoms with E-state index in [1.54, 1.807) is 12.1 Å². The van der Waals surface area contributed by atoms with E-state index in [4.69, 9.17) is 10.00 Å². The predicted molar refractivity (Wildman–Crippen MR) is 72.6 cm³/mol. The molecule has 0 spiro atoms. The van der Waals surface area contributed by atoms with Crippen molar-refractivity contribution in [2.24, 2.45) is 0 Å². The van der Waals surface area contributed by atoms with Gasteiger partial charge in [0.15, 0.2) is 0 Å². The summed E-state index contributed by atoms with van der Waals surface area (Å²) in [6.07, 6.45) is 0. The van der Waals surface area contributed by atoms with E-state index in [0.29, 0.717) is 11.5 Å². The van der Waals surface area contributed by atoms with Gasteiger partial charge in [-0.2, -0.15) is 0 Å². The SMILES string of the molecule is N#C[S-].O=[N+]([O-])c1ccc(Oc2ccccc2)cc1. The number of non-ortho nitro benzene ring substituents is 1. The molecule has 0 saturated carbocycles. The molecule has 19 heavy (non-hydrogen) atoms. The normalized spacial score (nSPS) is 8.58. The Balaban J connectivity index is 0.000000550. The van der Waals surface area contributed by atoms with Crippen LogP contribution < -0.4 is 4.74 Å². The molecule has 2 aromatic rings. The zero-order chi connectivity index (χ0) is 14.1. The molecule has 5 nitrogen and oxygen atoms in total. The predicted octanol–water partition coefficient (Wildman–Crippen LogP) is 3.40. The molecule has 0 aliphatic rings. The molecule has 0 bridgehead atoms. The van der Waals surface area contributed by atoms with Crippen LogP contribution in [0.2, 0.25) is 0 Å². The third kappa shape index (κ3) is 5.02. The van der Waals surface area contributed by atoms with Gasteiger partial charge in [0.05, 0.1) is 4.92 Å². The largest absolute Gasteiger partial charge is 0.696 e. The molecule has 0 radical (unpaired) electrons. The molecule has 0 aliphatic carbocycles. The molecule has 2 aromatic carbocycles. The lowest BCUT2D eigenvalue weighted by molar-refractivity contribution is -0.384. The van der Waals surface area contributed by atoms with E-state index in [2.05, 4.69) is 12.6 Å². The number of nitrogens with zero attached hydrogens (tertiary/aromatic N) is 2. The second kappa shape index (κ2) is 7.63. The van der Waals surface area contributed by atoms with Gasteiger partial charge in [-0.05, 0) is 24.3 Å². The molecule has 0 aliphatic heterocycles. The van der Waals surface area contributed by atoms with Crippen molar-refractivity contribution in [2.75, 3.05) is 0 Å². The highest BCUT2D eigenvalue weighted by molar-refractivity contribution is 7.64. The Morgan fingerprint density at radius 1 is 1.05 bits per heavy atom. The van der Waals surface area contributed by atoms with Crippen molar-refractivity contribution in [3.8, 4) is 16.9 Å². The van der Waals surface area contributed by atoms with Crippen LogP contribution in [0.5, 0.6) is 11.5 Å². The van der Waals surface area contributed by atoms with Crippen LogP contribution in [0.1, 0.15) is 0 Å². The summed E-state index contributed by atoms with van der Waals surface area (Å²) < 4.78 is 5.49. The fourth-order valence-corrected chi connectivity index (χ4v) is 1.26. The molecule has 2 rings (SSSR count). The van der Waals surface area contributed by atoms with Gasteiger partial charge in [-0.25, -0.2) is 5.26 Å². The zero-order valence-electron chi connectivity index (χ0n) is 9.72. The van der Waals surface area contributed by atoms with Gasteiger partial charge in [-0.3, -0.25) is 10.1 Å². The van der Waals surface area contributed by atoms with Crippen molar-refractivity contribution >= 4 is 18.3 Å². The Hall–Kier alpha value is -2.65. The molecule has 0 saturated heterocycles. The number of rotatable bonds is 3. The van der Waals surface area contributed by atoms with E-state index in [-0.39, 0.29) is 5.69 Å². The van der Waals surface area contributed by atoms with Gasteiger partial charge in [0.2, 0.25) is 0 Å². The van der Waals surface area contributed by atoms with Crippen LogP contribution in [0.3, 0.4) is 0 Å². The van der Waals surface area contributed by atoms with Crippen molar-refractivity contribution in [2.45, 2.75) is 0 Å². The van der Waals surface area contributed by atoms with Crippen LogP contribution in [0.15, 0.2) is 54.6 Å². The second-order valence-electron chi connectivity index (χ2n) is 3.26. The van der Waals surface area contributed by atoms with Gasteiger partial charge < -0.3 is 17.4 Å². The van der Waals surface area contributed by atoms with Crippen LogP contribution in [-0.4, -0.2) is 4.92 Å². The molecular formula is C13H9N2O3S-. The Labute approximate surface area is 115 Å². The molecule has 0 unspecified atom stereocenters. The van der Waals surface area contributed by atoms with Gasteiger partial charge in [-0.1, -0.05) is 23.6 Å². The van der Waals surface area contributed by atoms with E-state index in [0.717, 1.165) is 0 Å². The number of nitro benzene ring substituents is 1. The number of nitriles is 1. The Morgan fingerprint density at radius 2 is 1.53 bits per heavy atom. The number of hydrogen-bond acceptors (Lipinski definition) is 5. The van der Waals surface area contributed by atoms with Gasteiger partial charge in [0.25, 0.3) is 5.69 Å². The van der Waals surface area contributed by atoms with Crippen molar-refractivity contribution in [3.63, 3.8) is 0 Å². The highest BCUT2D eigenvalue weighted by atomic mass is 32.1. The number of nitro groups is 1. The average molecular weight is 273 g/mol. The van der Waals surface area contributed by atoms with Crippen molar-refractivity contribution in [3.05, 3.63) is 64.7 Å². The number of hydrogen-bond donors (Lipinski definition) is 0. The first-order chi connectivity index (χ1) is 9.17. The number of thiocyanates is 1. The van der Waals surface area contributed by atoms with Crippen LogP contribution >= 0.6 is 0 Å². The van der Waals surface area contributed by atoms with E-state index >= 15 is 0 Å². The first-order valence-corrected chi connectivity index (χ1v) is 5.57. The first kappa shape index (κ1) is 14.4. The highest BCUT2D eigenvalue weighted by Crippen LogP contribution is 2.23. The summed E-state index contributed by atoms with van der Waals surface area (Å²) in [7, 11) is 0. The third-order valence-electron chi connectivity index (χ3n) is 2.03. The van der Waals surface area contributed by atoms with E-state index < -0.39 is 4.92 Å². The fraction of sp³-hybridized carbons (Fsp3) is 0. The molecule has 0 N–H and O–H groups in total. The Bertz CT molecular complexity index is 565. The molecule has 96 valence electrons. The summed E-state index contributed by atoms with van der Waals surface area (Å²) in [6, 6.07) is 15.2. The van der Waals surface area contributed by atoms with Crippen LogP contribution in [0.4, 0.5) is 5.69 Å². The maximum absolute atomic E-state index is 10.4. The van der Waals surface area contributed by atoms with Gasteiger partial charge >= 0.3 is 0 Å². The maximum Gasteiger partial charge on any atom is 0.269 e. The molecular weight excluding hydrogens is 264 g/mol.